The number of phenolic OH excluding ortho intramolecular Hbond substituents is 1. The van der Waals surface area contributed by atoms with Crippen LogP contribution in [0, 0.1) is 5.82 Å². The molecular formula is C17H18FN5O4S. The van der Waals surface area contributed by atoms with Crippen molar-refractivity contribution in [2.75, 3.05) is 10.8 Å². The molecule has 3 N–H and O–H groups in total. The number of aryl methyl sites for hydroxylation is 1. The van der Waals surface area contributed by atoms with Crippen LogP contribution < -0.4 is 14.3 Å². The summed E-state index contributed by atoms with van der Waals surface area (Å²) in [6.45, 7) is -0.0979. The summed E-state index contributed by atoms with van der Waals surface area (Å²) in [5, 5.41) is 21.3. The van der Waals surface area contributed by atoms with E-state index >= 15 is 4.39 Å². The number of fused-ring (bicyclic) bond motifs is 1. The van der Waals surface area contributed by atoms with Gasteiger partial charge in [0.15, 0.2) is 5.82 Å². The fourth-order valence-corrected chi connectivity index (χ4v) is 4.74. The van der Waals surface area contributed by atoms with Crippen LogP contribution in [0.2, 0.25) is 0 Å². The van der Waals surface area contributed by atoms with Crippen LogP contribution in [0.15, 0.2) is 24.4 Å². The first kappa shape index (κ1) is 18.6. The number of aromatic nitrogens is 2. The van der Waals surface area contributed by atoms with E-state index in [0.29, 0.717) is 34.8 Å². The minimum Gasteiger partial charge on any atom is -0.506 e. The summed E-state index contributed by atoms with van der Waals surface area (Å²) in [6, 6.07) is 4.94. The molecule has 2 heterocycles. The number of carbonyl (C=O) groups is 1. The van der Waals surface area contributed by atoms with Crippen molar-refractivity contribution in [3.05, 3.63) is 47.0 Å². The normalized spacial score (nSPS) is 20.7. The fourth-order valence-electron chi connectivity index (χ4n) is 3.57. The monoisotopic (exact) mass is 407 g/mol. The Kier molecular flexibility index (Phi) is 4.63. The lowest BCUT2D eigenvalue weighted by atomic mass is 9.87. The molecule has 1 aromatic heterocycles. The molecule has 9 nitrogen and oxygen atoms in total. The molecule has 1 fully saturated rings. The Labute approximate surface area is 160 Å². The molecule has 1 amide bonds. The number of phenols is 1. The van der Waals surface area contributed by atoms with Gasteiger partial charge in [0.2, 0.25) is 0 Å². The Morgan fingerprint density at radius 1 is 1.43 bits per heavy atom. The second-order valence-electron chi connectivity index (χ2n) is 6.77. The van der Waals surface area contributed by atoms with Crippen molar-refractivity contribution in [2.45, 2.75) is 31.8 Å². The summed E-state index contributed by atoms with van der Waals surface area (Å²) in [5.74, 6) is -2.09. The molecule has 4 rings (SSSR count). The van der Waals surface area contributed by atoms with Crippen LogP contribution in [0.4, 0.5) is 10.1 Å². The molecule has 2 aliphatic rings. The molecule has 2 aromatic rings. The maximum absolute atomic E-state index is 15.2. The molecule has 0 radical (unpaired) electrons. The first-order valence-electron chi connectivity index (χ1n) is 8.71. The van der Waals surface area contributed by atoms with Gasteiger partial charge in [0.25, 0.3) is 5.91 Å². The average Bonchev–Trinajstić information content (AvgIpc) is 2.93. The molecule has 1 aromatic carbocycles. The number of hydrogen-bond donors (Lipinski definition) is 3. The van der Waals surface area contributed by atoms with E-state index in [2.05, 4.69) is 15.5 Å². The summed E-state index contributed by atoms with van der Waals surface area (Å²) >= 11 is 0. The lowest BCUT2D eigenvalue weighted by molar-refractivity contribution is -0.117. The van der Waals surface area contributed by atoms with Gasteiger partial charge in [-0.15, -0.1) is 0 Å². The van der Waals surface area contributed by atoms with Crippen molar-refractivity contribution in [2.24, 2.45) is 0 Å². The van der Waals surface area contributed by atoms with E-state index in [-0.39, 0.29) is 6.04 Å². The zero-order valence-electron chi connectivity index (χ0n) is 14.7. The number of nitrogens with one attached hydrogen (secondary N) is 2. The van der Waals surface area contributed by atoms with Gasteiger partial charge in [0.1, 0.15) is 18.0 Å². The molecule has 1 atom stereocenters. The molecule has 0 spiro atoms. The highest BCUT2D eigenvalue weighted by Gasteiger charge is 2.39. The molecule has 0 bridgehead atoms. The molecule has 1 aliphatic heterocycles. The number of aromatic hydroxyl groups is 1. The molecule has 148 valence electrons. The molecule has 28 heavy (non-hydrogen) atoms. The van der Waals surface area contributed by atoms with Gasteiger partial charge in [0.05, 0.1) is 5.69 Å². The van der Waals surface area contributed by atoms with E-state index in [1.165, 1.54) is 6.07 Å². The van der Waals surface area contributed by atoms with Gasteiger partial charge in [-0.05, 0) is 48.6 Å². The third kappa shape index (κ3) is 3.38. The average molecular weight is 407 g/mol. The smallest absolute Gasteiger partial charge is 0.326 e. The SMILES string of the molecule is O=C1CN(c2c(O)cc3c(c2F)C[C@H](NCc2cccnn2)CC3)S(=O)(=O)N1. The van der Waals surface area contributed by atoms with Crippen molar-refractivity contribution >= 4 is 21.8 Å². The van der Waals surface area contributed by atoms with Gasteiger partial charge >= 0.3 is 10.2 Å². The predicted molar refractivity (Wildman–Crippen MR) is 97.2 cm³/mol. The van der Waals surface area contributed by atoms with Gasteiger partial charge in [0, 0.05) is 18.8 Å². The van der Waals surface area contributed by atoms with Crippen LogP contribution in [0.25, 0.3) is 0 Å². The van der Waals surface area contributed by atoms with Crippen LogP contribution in [-0.2, 0) is 34.4 Å². The van der Waals surface area contributed by atoms with E-state index < -0.39 is 39.9 Å². The second-order valence-corrected chi connectivity index (χ2v) is 8.36. The van der Waals surface area contributed by atoms with E-state index in [9.17, 15) is 18.3 Å². The Balaban J connectivity index is 1.60. The minimum absolute atomic E-state index is 0.0451. The lowest BCUT2D eigenvalue weighted by Crippen LogP contribution is -2.35. The molecule has 0 saturated carbocycles. The first-order chi connectivity index (χ1) is 13.3. The number of amides is 1. The first-order valence-corrected chi connectivity index (χ1v) is 10.2. The van der Waals surface area contributed by atoms with Crippen LogP contribution in [0.3, 0.4) is 0 Å². The number of anilines is 1. The van der Waals surface area contributed by atoms with Crippen LogP contribution in [0.5, 0.6) is 5.75 Å². The number of carbonyl (C=O) groups excluding carboxylic acids is 1. The lowest BCUT2D eigenvalue weighted by Gasteiger charge is -2.28. The Morgan fingerprint density at radius 3 is 2.93 bits per heavy atom. The van der Waals surface area contributed by atoms with E-state index in [1.807, 2.05) is 6.07 Å². The van der Waals surface area contributed by atoms with Crippen molar-refractivity contribution in [3.63, 3.8) is 0 Å². The summed E-state index contributed by atoms with van der Waals surface area (Å²) in [5.41, 5.74) is 1.23. The van der Waals surface area contributed by atoms with Crippen LogP contribution in [0.1, 0.15) is 23.2 Å². The van der Waals surface area contributed by atoms with Gasteiger partial charge in [-0.3, -0.25) is 4.79 Å². The van der Waals surface area contributed by atoms with Crippen molar-refractivity contribution in [1.29, 1.82) is 0 Å². The van der Waals surface area contributed by atoms with Crippen molar-refractivity contribution < 1.29 is 22.7 Å². The van der Waals surface area contributed by atoms with E-state index in [1.54, 1.807) is 17.0 Å². The third-order valence-corrected chi connectivity index (χ3v) is 6.27. The van der Waals surface area contributed by atoms with E-state index in [4.69, 9.17) is 0 Å². The molecule has 1 aliphatic carbocycles. The largest absolute Gasteiger partial charge is 0.506 e. The number of nitrogens with zero attached hydrogens (tertiary/aromatic N) is 3. The third-order valence-electron chi connectivity index (χ3n) is 4.90. The zero-order chi connectivity index (χ0) is 19.9. The summed E-state index contributed by atoms with van der Waals surface area (Å²) in [6.07, 6.45) is 3.16. The topological polar surface area (TPSA) is 125 Å². The molecule has 0 unspecified atom stereocenters. The Morgan fingerprint density at radius 2 is 2.25 bits per heavy atom. The number of rotatable bonds is 4. The summed E-state index contributed by atoms with van der Waals surface area (Å²) < 4.78 is 41.7. The number of benzene rings is 1. The number of halogens is 1. The molecule has 1 saturated heterocycles. The fraction of sp³-hybridized carbons (Fsp3) is 0.353. The standard InChI is InChI=1S/C17H18FN5O4S/c18-16-13-7-11(19-8-12-2-1-5-20-21-12)4-3-10(13)6-14(24)17(16)23-9-15(25)22-28(23,26)27/h1-2,5-6,11,19,24H,3-4,7-9H2,(H,22,25)/t11-/m1/s1. The molecule has 11 heteroatoms. The summed E-state index contributed by atoms with van der Waals surface area (Å²) in [4.78, 5) is 11.5. The quantitative estimate of drug-likeness (QED) is 0.659. The van der Waals surface area contributed by atoms with Crippen molar-refractivity contribution in [1.82, 2.24) is 20.2 Å². The number of hydrogen-bond acceptors (Lipinski definition) is 7. The highest BCUT2D eigenvalue weighted by atomic mass is 32.2. The zero-order valence-corrected chi connectivity index (χ0v) is 15.5. The van der Waals surface area contributed by atoms with Gasteiger partial charge in [-0.2, -0.15) is 18.6 Å². The van der Waals surface area contributed by atoms with Crippen LogP contribution in [-0.4, -0.2) is 42.2 Å². The predicted octanol–water partition coefficient (Wildman–Crippen LogP) is 0.149. The Hall–Kier alpha value is -2.79. The highest BCUT2D eigenvalue weighted by molar-refractivity contribution is 7.92. The maximum atomic E-state index is 15.2. The van der Waals surface area contributed by atoms with Gasteiger partial charge < -0.3 is 10.4 Å². The van der Waals surface area contributed by atoms with Gasteiger partial charge in [-0.25, -0.2) is 13.4 Å². The highest BCUT2D eigenvalue weighted by Crippen LogP contribution is 2.39. The minimum atomic E-state index is -4.22. The molecular weight excluding hydrogens is 389 g/mol. The van der Waals surface area contributed by atoms with Crippen molar-refractivity contribution in [3.8, 4) is 5.75 Å². The van der Waals surface area contributed by atoms with Crippen LogP contribution >= 0.6 is 0 Å². The maximum Gasteiger partial charge on any atom is 0.326 e. The van der Waals surface area contributed by atoms with E-state index in [0.717, 1.165) is 12.1 Å². The second kappa shape index (κ2) is 6.99. The summed E-state index contributed by atoms with van der Waals surface area (Å²) in [7, 11) is -4.22. The Bertz CT molecular complexity index is 1030. The van der Waals surface area contributed by atoms with Gasteiger partial charge in [-0.1, -0.05) is 0 Å².